The number of methoxy groups -OCH3 is 1. The van der Waals surface area contributed by atoms with Crippen LogP contribution in [-0.2, 0) is 11.0 Å². The Kier molecular flexibility index (Phi) is 6.33. The van der Waals surface area contributed by atoms with Gasteiger partial charge in [0.25, 0.3) is 5.91 Å². The number of anilines is 2. The van der Waals surface area contributed by atoms with Crippen LogP contribution in [0.15, 0.2) is 72.8 Å². The highest BCUT2D eigenvalue weighted by Crippen LogP contribution is 2.42. The zero-order valence-corrected chi connectivity index (χ0v) is 18.2. The Hall–Kier alpha value is -3.46. The third kappa shape index (κ3) is 4.98. The molecule has 0 bridgehead atoms. The number of carbonyl (C=O) groups excluding carboxylic acids is 2. The molecule has 1 fully saturated rings. The summed E-state index contributed by atoms with van der Waals surface area (Å²) in [6, 6.07) is 18.3. The number of halogens is 3. The van der Waals surface area contributed by atoms with E-state index in [0.29, 0.717) is 22.7 Å². The lowest BCUT2D eigenvalue weighted by molar-refractivity contribution is -0.137. The van der Waals surface area contributed by atoms with Crippen LogP contribution in [0.2, 0.25) is 0 Å². The van der Waals surface area contributed by atoms with Gasteiger partial charge in [-0.3, -0.25) is 14.5 Å². The lowest BCUT2D eigenvalue weighted by Gasteiger charge is -2.25. The van der Waals surface area contributed by atoms with Gasteiger partial charge in [-0.1, -0.05) is 12.1 Å². The van der Waals surface area contributed by atoms with Crippen molar-refractivity contribution in [1.82, 2.24) is 0 Å². The maximum absolute atomic E-state index is 12.9. The van der Waals surface area contributed by atoms with E-state index in [2.05, 4.69) is 5.32 Å². The first-order chi connectivity index (χ1) is 15.8. The Balaban J connectivity index is 1.49. The number of benzene rings is 3. The molecule has 0 radical (unpaired) electrons. The van der Waals surface area contributed by atoms with Gasteiger partial charge in [0, 0.05) is 16.9 Å². The fraction of sp³-hybridized carbons (Fsp3) is 0.167. The van der Waals surface area contributed by atoms with Gasteiger partial charge < -0.3 is 10.1 Å². The van der Waals surface area contributed by atoms with Gasteiger partial charge in [-0.05, 0) is 66.2 Å². The van der Waals surface area contributed by atoms with E-state index in [-0.39, 0.29) is 22.9 Å². The zero-order chi connectivity index (χ0) is 23.6. The van der Waals surface area contributed by atoms with E-state index in [9.17, 15) is 22.8 Å². The first-order valence-corrected chi connectivity index (χ1v) is 11.0. The van der Waals surface area contributed by atoms with Crippen molar-refractivity contribution >= 4 is 35.0 Å². The van der Waals surface area contributed by atoms with E-state index in [0.717, 1.165) is 17.7 Å². The third-order valence-corrected chi connectivity index (χ3v) is 6.36. The van der Waals surface area contributed by atoms with Crippen LogP contribution in [0.25, 0.3) is 0 Å². The van der Waals surface area contributed by atoms with E-state index in [1.54, 1.807) is 55.6 Å². The molecule has 1 saturated heterocycles. The topological polar surface area (TPSA) is 58.6 Å². The van der Waals surface area contributed by atoms with Crippen molar-refractivity contribution in [1.29, 1.82) is 0 Å². The van der Waals surface area contributed by atoms with Gasteiger partial charge in [-0.15, -0.1) is 11.8 Å². The highest BCUT2D eigenvalue weighted by atomic mass is 32.2. The summed E-state index contributed by atoms with van der Waals surface area (Å²) in [5.74, 6) is 0.419. The van der Waals surface area contributed by atoms with Crippen molar-refractivity contribution in [2.75, 3.05) is 23.1 Å². The van der Waals surface area contributed by atoms with Crippen LogP contribution in [0.3, 0.4) is 0 Å². The standard InChI is InChI=1S/C24H19F3N2O3S/c1-32-20-12-4-15(5-13-20)22(31)28-18-8-2-16(3-9-18)23-29(21(30)14-33-23)19-10-6-17(7-11-19)24(25,26)27/h2-13,23H,14H2,1H3,(H,28,31)/t23-/m0/s1. The van der Waals surface area contributed by atoms with Crippen LogP contribution < -0.4 is 15.0 Å². The molecule has 0 unspecified atom stereocenters. The highest BCUT2D eigenvalue weighted by molar-refractivity contribution is 8.00. The van der Waals surface area contributed by atoms with E-state index in [1.165, 1.54) is 28.8 Å². The summed E-state index contributed by atoms with van der Waals surface area (Å²) in [6.07, 6.45) is -4.44. The minimum Gasteiger partial charge on any atom is -0.497 e. The molecule has 4 rings (SSSR count). The molecule has 170 valence electrons. The molecule has 5 nitrogen and oxygen atoms in total. The summed E-state index contributed by atoms with van der Waals surface area (Å²) < 4.78 is 43.7. The van der Waals surface area contributed by atoms with Crippen molar-refractivity contribution < 1.29 is 27.5 Å². The molecule has 1 aliphatic rings. The smallest absolute Gasteiger partial charge is 0.416 e. The van der Waals surface area contributed by atoms with Crippen molar-refractivity contribution in [3.8, 4) is 5.75 Å². The second kappa shape index (κ2) is 9.19. The molecular formula is C24H19F3N2O3S. The monoisotopic (exact) mass is 472 g/mol. The molecule has 9 heteroatoms. The average molecular weight is 472 g/mol. The van der Waals surface area contributed by atoms with Gasteiger partial charge in [0.05, 0.1) is 18.4 Å². The van der Waals surface area contributed by atoms with E-state index < -0.39 is 11.7 Å². The third-order valence-electron chi connectivity index (χ3n) is 5.15. The average Bonchev–Trinajstić information content (AvgIpc) is 3.20. The SMILES string of the molecule is COc1ccc(C(=O)Nc2ccc([C@@H]3SCC(=O)N3c3ccc(C(F)(F)F)cc3)cc2)cc1. The predicted molar refractivity (Wildman–Crippen MR) is 122 cm³/mol. The van der Waals surface area contributed by atoms with Crippen molar-refractivity contribution in [3.63, 3.8) is 0 Å². The number of nitrogens with one attached hydrogen (secondary N) is 1. The molecule has 0 saturated carbocycles. The van der Waals surface area contributed by atoms with Crippen molar-refractivity contribution in [2.45, 2.75) is 11.6 Å². The van der Waals surface area contributed by atoms with Crippen LogP contribution in [0, 0.1) is 0 Å². The van der Waals surface area contributed by atoms with Crippen molar-refractivity contribution in [2.24, 2.45) is 0 Å². The Bertz CT molecular complexity index is 1150. The Labute approximate surface area is 192 Å². The minimum absolute atomic E-state index is 0.179. The molecule has 33 heavy (non-hydrogen) atoms. The normalized spacial score (nSPS) is 16.1. The quantitative estimate of drug-likeness (QED) is 0.514. The number of amides is 2. The maximum atomic E-state index is 12.9. The minimum atomic E-state index is -4.44. The Morgan fingerprint density at radius 3 is 2.21 bits per heavy atom. The largest absolute Gasteiger partial charge is 0.497 e. The van der Waals surface area contributed by atoms with Crippen LogP contribution in [-0.4, -0.2) is 24.7 Å². The molecule has 0 spiro atoms. The Morgan fingerprint density at radius 2 is 1.64 bits per heavy atom. The second-order valence-corrected chi connectivity index (χ2v) is 8.34. The summed E-state index contributed by atoms with van der Waals surface area (Å²) >= 11 is 1.39. The van der Waals surface area contributed by atoms with Gasteiger partial charge in [0.2, 0.25) is 5.91 Å². The van der Waals surface area contributed by atoms with Crippen molar-refractivity contribution in [3.05, 3.63) is 89.5 Å². The number of alkyl halides is 3. The first-order valence-electron chi connectivity index (χ1n) is 9.92. The number of carbonyl (C=O) groups is 2. The summed E-state index contributed by atoms with van der Waals surface area (Å²) in [4.78, 5) is 26.4. The van der Waals surface area contributed by atoms with E-state index in [4.69, 9.17) is 4.74 Å². The predicted octanol–water partition coefficient (Wildman–Crippen LogP) is 5.74. The molecule has 1 atom stereocenters. The zero-order valence-electron chi connectivity index (χ0n) is 17.4. The lowest BCUT2D eigenvalue weighted by Crippen LogP contribution is -2.27. The number of hydrogen-bond donors (Lipinski definition) is 1. The molecule has 0 aromatic heterocycles. The van der Waals surface area contributed by atoms with Gasteiger partial charge in [-0.2, -0.15) is 13.2 Å². The van der Waals surface area contributed by atoms with E-state index >= 15 is 0 Å². The first kappa shape index (κ1) is 22.7. The summed E-state index contributed by atoms with van der Waals surface area (Å²) in [7, 11) is 1.55. The molecule has 3 aromatic rings. The molecule has 1 N–H and O–H groups in total. The number of thioether (sulfide) groups is 1. The van der Waals surface area contributed by atoms with Crippen LogP contribution in [0.1, 0.15) is 26.9 Å². The Morgan fingerprint density at radius 1 is 1.00 bits per heavy atom. The summed E-state index contributed by atoms with van der Waals surface area (Å²) in [5, 5.41) is 2.44. The number of rotatable bonds is 5. The van der Waals surface area contributed by atoms with Crippen LogP contribution in [0.5, 0.6) is 5.75 Å². The van der Waals surface area contributed by atoms with Crippen LogP contribution in [0.4, 0.5) is 24.5 Å². The summed E-state index contributed by atoms with van der Waals surface area (Å²) in [6.45, 7) is 0. The summed E-state index contributed by atoms with van der Waals surface area (Å²) in [5.41, 5.74) is 1.49. The molecule has 3 aromatic carbocycles. The number of hydrogen-bond acceptors (Lipinski definition) is 4. The van der Waals surface area contributed by atoms with Gasteiger partial charge in [0.1, 0.15) is 11.1 Å². The number of nitrogens with zero attached hydrogens (tertiary/aromatic N) is 1. The fourth-order valence-corrected chi connectivity index (χ4v) is 4.61. The molecule has 2 amide bonds. The van der Waals surface area contributed by atoms with E-state index in [1.807, 2.05) is 0 Å². The molecule has 1 aliphatic heterocycles. The molecular weight excluding hydrogens is 453 g/mol. The molecule has 0 aliphatic carbocycles. The second-order valence-electron chi connectivity index (χ2n) is 7.28. The highest BCUT2D eigenvalue weighted by Gasteiger charge is 2.35. The van der Waals surface area contributed by atoms with Gasteiger partial charge >= 0.3 is 6.18 Å². The maximum Gasteiger partial charge on any atom is 0.416 e. The van der Waals surface area contributed by atoms with Crippen LogP contribution >= 0.6 is 11.8 Å². The fourth-order valence-electron chi connectivity index (χ4n) is 3.44. The number of ether oxygens (including phenoxy) is 1. The van der Waals surface area contributed by atoms with Gasteiger partial charge in [0.15, 0.2) is 0 Å². The molecule has 1 heterocycles. The lowest BCUT2D eigenvalue weighted by atomic mass is 10.1. The van der Waals surface area contributed by atoms with Gasteiger partial charge in [-0.25, -0.2) is 0 Å².